The average molecular weight is 488 g/mol. The quantitative estimate of drug-likeness (QED) is 0.281. The summed E-state index contributed by atoms with van der Waals surface area (Å²) >= 11 is 0. The first-order valence-corrected chi connectivity index (χ1v) is 10.6. The Balaban J connectivity index is 1.65. The van der Waals surface area contributed by atoms with E-state index in [1.807, 2.05) is 0 Å². The van der Waals surface area contributed by atoms with E-state index in [-0.39, 0.29) is 18.4 Å². The van der Waals surface area contributed by atoms with E-state index in [1.165, 1.54) is 35.5 Å². The number of ether oxygens (including phenoxy) is 1. The molecule has 0 aliphatic rings. The SMILES string of the molecule is C=CC(=O)Nc1cccc(N(C(=O)OCc2ccc(F)nc2)c2ccnc(Nc3ccn(C)n3)n2)c1. The first-order valence-electron chi connectivity index (χ1n) is 10.6. The lowest BCUT2D eigenvalue weighted by Gasteiger charge is -2.22. The number of aromatic nitrogens is 5. The van der Waals surface area contributed by atoms with Crippen molar-refractivity contribution in [2.45, 2.75) is 6.61 Å². The van der Waals surface area contributed by atoms with Gasteiger partial charge >= 0.3 is 6.09 Å². The molecule has 0 aliphatic carbocycles. The molecule has 0 fully saturated rings. The average Bonchev–Trinajstić information content (AvgIpc) is 3.28. The summed E-state index contributed by atoms with van der Waals surface area (Å²) < 4.78 is 20.2. The molecule has 3 heterocycles. The van der Waals surface area contributed by atoms with Gasteiger partial charge in [-0.05, 0) is 36.4 Å². The predicted molar refractivity (Wildman–Crippen MR) is 130 cm³/mol. The Bertz CT molecular complexity index is 1390. The molecular formula is C24H21FN8O3. The Hall–Kier alpha value is -5.13. The molecule has 1 aromatic carbocycles. The zero-order chi connectivity index (χ0) is 25.5. The number of aryl methyl sites for hydroxylation is 1. The van der Waals surface area contributed by atoms with Crippen LogP contribution in [0.4, 0.5) is 38.1 Å². The van der Waals surface area contributed by atoms with Crippen LogP contribution in [-0.4, -0.2) is 36.7 Å². The molecule has 0 saturated heterocycles. The van der Waals surface area contributed by atoms with Gasteiger partial charge in [-0.1, -0.05) is 12.6 Å². The first kappa shape index (κ1) is 24.0. The summed E-state index contributed by atoms with van der Waals surface area (Å²) in [7, 11) is 1.77. The predicted octanol–water partition coefficient (Wildman–Crippen LogP) is 4.09. The van der Waals surface area contributed by atoms with Gasteiger partial charge in [0.1, 0.15) is 12.4 Å². The zero-order valence-electron chi connectivity index (χ0n) is 19.1. The van der Waals surface area contributed by atoms with Crippen LogP contribution in [0.5, 0.6) is 0 Å². The number of amides is 2. The Kier molecular flexibility index (Phi) is 7.25. The molecule has 36 heavy (non-hydrogen) atoms. The van der Waals surface area contributed by atoms with Crippen LogP contribution in [0.25, 0.3) is 0 Å². The maximum atomic E-state index is 13.3. The van der Waals surface area contributed by atoms with Gasteiger partial charge < -0.3 is 15.4 Å². The van der Waals surface area contributed by atoms with Gasteiger partial charge in [-0.25, -0.2) is 19.7 Å². The lowest BCUT2D eigenvalue weighted by atomic mass is 10.2. The third kappa shape index (κ3) is 6.05. The van der Waals surface area contributed by atoms with Crippen LogP contribution in [0.3, 0.4) is 0 Å². The summed E-state index contributed by atoms with van der Waals surface area (Å²) in [6.07, 6.45) is 4.87. The summed E-state index contributed by atoms with van der Waals surface area (Å²) in [5, 5.41) is 9.85. The van der Waals surface area contributed by atoms with Gasteiger partial charge in [-0.2, -0.15) is 14.5 Å². The molecule has 12 heteroatoms. The van der Waals surface area contributed by atoms with Crippen LogP contribution in [0.2, 0.25) is 0 Å². The topological polar surface area (TPSA) is 127 Å². The summed E-state index contributed by atoms with van der Waals surface area (Å²) in [5.41, 5.74) is 1.29. The van der Waals surface area contributed by atoms with E-state index in [9.17, 15) is 14.0 Å². The van der Waals surface area contributed by atoms with Crippen LogP contribution in [0.15, 0.2) is 79.8 Å². The lowest BCUT2D eigenvalue weighted by Crippen LogP contribution is -2.28. The molecule has 2 amide bonds. The number of hydrogen-bond acceptors (Lipinski definition) is 8. The van der Waals surface area contributed by atoms with E-state index in [1.54, 1.807) is 48.3 Å². The molecule has 182 valence electrons. The largest absolute Gasteiger partial charge is 0.444 e. The van der Waals surface area contributed by atoms with Crippen molar-refractivity contribution in [3.63, 3.8) is 0 Å². The van der Waals surface area contributed by atoms with Gasteiger partial charge in [0.25, 0.3) is 0 Å². The Morgan fingerprint density at radius 2 is 2.06 bits per heavy atom. The van der Waals surface area contributed by atoms with Crippen molar-refractivity contribution in [1.29, 1.82) is 0 Å². The molecule has 0 unspecified atom stereocenters. The maximum Gasteiger partial charge on any atom is 0.420 e. The second kappa shape index (κ2) is 10.9. The highest BCUT2D eigenvalue weighted by atomic mass is 19.1. The minimum Gasteiger partial charge on any atom is -0.444 e. The van der Waals surface area contributed by atoms with Crippen LogP contribution >= 0.6 is 0 Å². The highest BCUT2D eigenvalue weighted by Gasteiger charge is 2.22. The van der Waals surface area contributed by atoms with Gasteiger partial charge in [0.05, 0.1) is 5.69 Å². The van der Waals surface area contributed by atoms with Crippen molar-refractivity contribution in [2.75, 3.05) is 15.5 Å². The van der Waals surface area contributed by atoms with Crippen molar-refractivity contribution in [3.8, 4) is 0 Å². The molecule has 0 bridgehead atoms. The molecular weight excluding hydrogens is 467 g/mol. The number of carbonyl (C=O) groups excluding carboxylic acids is 2. The number of carbonyl (C=O) groups is 2. The molecule has 0 aliphatic heterocycles. The normalized spacial score (nSPS) is 10.4. The number of rotatable bonds is 8. The van der Waals surface area contributed by atoms with Crippen LogP contribution in [-0.2, 0) is 23.2 Å². The minimum atomic E-state index is -0.769. The lowest BCUT2D eigenvalue weighted by molar-refractivity contribution is -0.111. The molecule has 0 saturated carbocycles. The minimum absolute atomic E-state index is 0.153. The van der Waals surface area contributed by atoms with E-state index in [0.717, 1.165) is 6.08 Å². The van der Waals surface area contributed by atoms with Crippen molar-refractivity contribution in [2.24, 2.45) is 7.05 Å². The van der Waals surface area contributed by atoms with Gasteiger partial charge in [-0.3, -0.25) is 9.48 Å². The third-order valence-corrected chi connectivity index (χ3v) is 4.71. The molecule has 4 rings (SSSR count). The first-order chi connectivity index (χ1) is 17.4. The smallest absolute Gasteiger partial charge is 0.420 e. The fraction of sp³-hybridized carbons (Fsp3) is 0.0833. The Morgan fingerprint density at radius 1 is 1.19 bits per heavy atom. The fourth-order valence-corrected chi connectivity index (χ4v) is 3.08. The fourth-order valence-electron chi connectivity index (χ4n) is 3.08. The van der Waals surface area contributed by atoms with Crippen LogP contribution < -0.4 is 15.5 Å². The highest BCUT2D eigenvalue weighted by molar-refractivity contribution is 6.00. The van der Waals surface area contributed by atoms with E-state index in [0.29, 0.717) is 22.8 Å². The summed E-state index contributed by atoms with van der Waals surface area (Å²) in [4.78, 5) is 38.4. The van der Waals surface area contributed by atoms with Crippen molar-refractivity contribution in [3.05, 3.63) is 91.3 Å². The number of anilines is 5. The van der Waals surface area contributed by atoms with E-state index in [4.69, 9.17) is 4.74 Å². The second-order valence-electron chi connectivity index (χ2n) is 7.36. The van der Waals surface area contributed by atoms with Gasteiger partial charge in [0, 0.05) is 49.0 Å². The molecule has 2 N–H and O–H groups in total. The number of halogens is 1. The third-order valence-electron chi connectivity index (χ3n) is 4.71. The summed E-state index contributed by atoms with van der Waals surface area (Å²) in [6, 6.07) is 12.5. The van der Waals surface area contributed by atoms with Crippen LogP contribution in [0.1, 0.15) is 5.56 Å². The van der Waals surface area contributed by atoms with Gasteiger partial charge in [0.2, 0.25) is 17.8 Å². The van der Waals surface area contributed by atoms with E-state index in [2.05, 4.69) is 37.3 Å². The molecule has 3 aromatic heterocycles. The monoisotopic (exact) mass is 488 g/mol. The second-order valence-corrected chi connectivity index (χ2v) is 7.36. The number of nitrogens with one attached hydrogen (secondary N) is 2. The maximum absolute atomic E-state index is 13.3. The zero-order valence-corrected chi connectivity index (χ0v) is 19.1. The van der Waals surface area contributed by atoms with Crippen molar-refractivity contribution < 1.29 is 18.7 Å². The number of benzene rings is 1. The molecule has 0 radical (unpaired) electrons. The number of pyridine rings is 1. The molecule has 11 nitrogen and oxygen atoms in total. The summed E-state index contributed by atoms with van der Waals surface area (Å²) in [5.74, 6) is -0.143. The number of nitrogens with zero attached hydrogens (tertiary/aromatic N) is 6. The molecule has 0 spiro atoms. The Morgan fingerprint density at radius 3 is 2.78 bits per heavy atom. The molecule has 4 aromatic rings. The van der Waals surface area contributed by atoms with E-state index >= 15 is 0 Å². The van der Waals surface area contributed by atoms with Crippen LogP contribution in [0, 0.1) is 5.95 Å². The van der Waals surface area contributed by atoms with Gasteiger partial charge in [0.15, 0.2) is 5.82 Å². The number of hydrogen-bond donors (Lipinski definition) is 2. The molecule has 0 atom stereocenters. The van der Waals surface area contributed by atoms with Gasteiger partial charge in [-0.15, -0.1) is 0 Å². The van der Waals surface area contributed by atoms with Crippen molar-refractivity contribution in [1.82, 2.24) is 24.7 Å². The van der Waals surface area contributed by atoms with Crippen molar-refractivity contribution >= 4 is 41.0 Å². The summed E-state index contributed by atoms with van der Waals surface area (Å²) in [6.45, 7) is 3.29. The standard InChI is InChI=1S/C24H21FN8O3/c1-3-22(34)28-17-5-4-6-18(13-17)33(24(35)36-15-16-7-8-19(25)27-14-16)21-9-11-26-23(30-21)29-20-10-12-32(2)31-20/h3-14H,1,15H2,2H3,(H,28,34)(H,26,29,30,31). The van der Waals surface area contributed by atoms with E-state index < -0.39 is 17.9 Å². The highest BCUT2D eigenvalue weighted by Crippen LogP contribution is 2.28. The Labute approximate surface area is 205 Å².